The maximum Gasteiger partial charge on any atom is 0.248 e. The molecule has 5 nitrogen and oxygen atoms in total. The molecule has 0 spiro atoms. The van der Waals surface area contributed by atoms with Crippen molar-refractivity contribution < 1.29 is 4.79 Å². The molecule has 0 aliphatic heterocycles. The molecule has 0 atom stereocenters. The summed E-state index contributed by atoms with van der Waals surface area (Å²) in [4.78, 5) is 18.9. The van der Waals surface area contributed by atoms with E-state index in [-0.39, 0.29) is 5.71 Å². The molecule has 0 aliphatic carbocycles. The Hall–Kier alpha value is -2.56. The van der Waals surface area contributed by atoms with E-state index in [1.54, 1.807) is 24.5 Å². The van der Waals surface area contributed by atoms with Crippen molar-refractivity contribution >= 4 is 11.6 Å². The van der Waals surface area contributed by atoms with Crippen molar-refractivity contribution in [2.75, 3.05) is 0 Å². The number of hydrogen-bond acceptors (Lipinski definition) is 4. The number of pyridine rings is 2. The highest BCUT2D eigenvalue weighted by Crippen LogP contribution is 2.08. The van der Waals surface area contributed by atoms with Crippen LogP contribution in [0.15, 0.2) is 42.9 Å². The van der Waals surface area contributed by atoms with Gasteiger partial charge in [0.25, 0.3) is 0 Å². The standard InChI is InChI=1S/C12H10N4O/c13-11(8-1-4-15-5-2-8)10-7-9(12(14)17)3-6-16-10/h1-7,13H,(H2,14,17). The van der Waals surface area contributed by atoms with Gasteiger partial charge in [0, 0.05) is 29.7 Å². The van der Waals surface area contributed by atoms with Crippen LogP contribution in [0.2, 0.25) is 0 Å². The van der Waals surface area contributed by atoms with Crippen LogP contribution in [-0.2, 0) is 0 Å². The minimum Gasteiger partial charge on any atom is -0.366 e. The van der Waals surface area contributed by atoms with Crippen molar-refractivity contribution in [2.45, 2.75) is 0 Å². The molecule has 5 heteroatoms. The molecule has 2 aromatic rings. The topological polar surface area (TPSA) is 92.7 Å². The highest BCUT2D eigenvalue weighted by Gasteiger charge is 2.08. The summed E-state index contributed by atoms with van der Waals surface area (Å²) in [7, 11) is 0. The second-order valence-corrected chi connectivity index (χ2v) is 3.40. The van der Waals surface area contributed by atoms with E-state index in [1.165, 1.54) is 18.3 Å². The Kier molecular flexibility index (Phi) is 2.91. The van der Waals surface area contributed by atoms with E-state index in [4.69, 9.17) is 11.1 Å². The lowest BCUT2D eigenvalue weighted by atomic mass is 10.1. The van der Waals surface area contributed by atoms with Gasteiger partial charge in [0.2, 0.25) is 5.91 Å². The fraction of sp³-hybridized carbons (Fsp3) is 0. The Morgan fingerprint density at radius 1 is 1.12 bits per heavy atom. The third-order valence-corrected chi connectivity index (χ3v) is 2.27. The molecule has 0 saturated heterocycles. The van der Waals surface area contributed by atoms with Crippen molar-refractivity contribution in [2.24, 2.45) is 5.73 Å². The van der Waals surface area contributed by atoms with Gasteiger partial charge in [-0.3, -0.25) is 20.2 Å². The smallest absolute Gasteiger partial charge is 0.248 e. The molecule has 0 aliphatic rings. The van der Waals surface area contributed by atoms with Crippen LogP contribution in [0.3, 0.4) is 0 Å². The predicted octanol–water partition coefficient (Wildman–Crippen LogP) is 0.992. The minimum atomic E-state index is -0.531. The molecule has 17 heavy (non-hydrogen) atoms. The Labute approximate surface area is 97.8 Å². The quantitative estimate of drug-likeness (QED) is 0.764. The van der Waals surface area contributed by atoms with Crippen LogP contribution < -0.4 is 5.73 Å². The first-order valence-electron chi connectivity index (χ1n) is 4.93. The van der Waals surface area contributed by atoms with Crippen LogP contribution in [-0.4, -0.2) is 21.6 Å². The number of primary amides is 1. The zero-order valence-electron chi connectivity index (χ0n) is 8.92. The number of nitrogens with two attached hydrogens (primary N) is 1. The third-order valence-electron chi connectivity index (χ3n) is 2.27. The number of amides is 1. The van der Waals surface area contributed by atoms with E-state index >= 15 is 0 Å². The first-order valence-corrected chi connectivity index (χ1v) is 4.93. The Morgan fingerprint density at radius 3 is 2.41 bits per heavy atom. The van der Waals surface area contributed by atoms with Gasteiger partial charge in [-0.1, -0.05) is 0 Å². The molecule has 3 N–H and O–H groups in total. The van der Waals surface area contributed by atoms with Crippen molar-refractivity contribution in [1.29, 1.82) is 5.41 Å². The fourth-order valence-electron chi connectivity index (χ4n) is 1.39. The van der Waals surface area contributed by atoms with Gasteiger partial charge in [-0.2, -0.15) is 0 Å². The molecule has 2 heterocycles. The molecule has 2 aromatic heterocycles. The van der Waals surface area contributed by atoms with Gasteiger partial charge in [0.15, 0.2) is 0 Å². The van der Waals surface area contributed by atoms with E-state index in [0.29, 0.717) is 16.8 Å². The number of aromatic nitrogens is 2. The zero-order valence-corrected chi connectivity index (χ0v) is 8.92. The number of carbonyl (C=O) groups excluding carboxylic acids is 1. The lowest BCUT2D eigenvalue weighted by Crippen LogP contribution is -2.13. The van der Waals surface area contributed by atoms with Crippen LogP contribution in [0.25, 0.3) is 0 Å². The second-order valence-electron chi connectivity index (χ2n) is 3.40. The van der Waals surface area contributed by atoms with E-state index in [2.05, 4.69) is 9.97 Å². The number of hydrogen-bond donors (Lipinski definition) is 2. The molecule has 0 bridgehead atoms. The Morgan fingerprint density at radius 2 is 1.76 bits per heavy atom. The van der Waals surface area contributed by atoms with Crippen LogP contribution in [0.5, 0.6) is 0 Å². The molecule has 0 saturated carbocycles. The van der Waals surface area contributed by atoms with Gasteiger partial charge in [0.1, 0.15) is 0 Å². The van der Waals surface area contributed by atoms with Gasteiger partial charge in [0.05, 0.1) is 11.4 Å². The largest absolute Gasteiger partial charge is 0.366 e. The monoisotopic (exact) mass is 226 g/mol. The van der Waals surface area contributed by atoms with Crippen LogP contribution in [0, 0.1) is 5.41 Å². The summed E-state index contributed by atoms with van der Waals surface area (Å²) in [6.45, 7) is 0. The SMILES string of the molecule is N=C(c1ccncc1)c1cc(C(N)=O)ccn1. The Balaban J connectivity index is 2.38. The normalized spacial score (nSPS) is 9.88. The first-order chi connectivity index (χ1) is 8.18. The summed E-state index contributed by atoms with van der Waals surface area (Å²) in [5.74, 6) is -0.531. The van der Waals surface area contributed by atoms with Gasteiger partial charge in [-0.05, 0) is 24.3 Å². The summed E-state index contributed by atoms with van der Waals surface area (Å²) < 4.78 is 0. The maximum atomic E-state index is 11.0. The van der Waals surface area contributed by atoms with Crippen LogP contribution in [0.1, 0.15) is 21.6 Å². The van der Waals surface area contributed by atoms with Gasteiger partial charge >= 0.3 is 0 Å². The summed E-state index contributed by atoms with van der Waals surface area (Å²) in [5, 5.41) is 7.97. The second kappa shape index (κ2) is 4.52. The van der Waals surface area contributed by atoms with Crippen molar-refractivity contribution in [3.8, 4) is 0 Å². The molecule has 0 aromatic carbocycles. The molecule has 1 amide bonds. The lowest BCUT2D eigenvalue weighted by molar-refractivity contribution is 0.1000. The highest BCUT2D eigenvalue weighted by molar-refractivity contribution is 6.10. The number of rotatable bonds is 3. The molecule has 0 unspecified atom stereocenters. The molecular weight excluding hydrogens is 216 g/mol. The lowest BCUT2D eigenvalue weighted by Gasteiger charge is -2.04. The fourth-order valence-corrected chi connectivity index (χ4v) is 1.39. The highest BCUT2D eigenvalue weighted by atomic mass is 16.1. The average Bonchev–Trinajstić information content (AvgIpc) is 2.39. The molecule has 84 valence electrons. The van der Waals surface area contributed by atoms with Crippen molar-refractivity contribution in [3.05, 3.63) is 59.7 Å². The van der Waals surface area contributed by atoms with E-state index in [0.717, 1.165) is 0 Å². The Bertz CT molecular complexity index is 566. The third kappa shape index (κ3) is 2.34. The number of nitrogens with zero attached hydrogens (tertiary/aromatic N) is 2. The average molecular weight is 226 g/mol. The molecule has 0 radical (unpaired) electrons. The maximum absolute atomic E-state index is 11.0. The summed E-state index contributed by atoms with van der Waals surface area (Å²) in [5.41, 5.74) is 6.85. The van der Waals surface area contributed by atoms with Crippen LogP contribution in [0.4, 0.5) is 0 Å². The number of nitrogens with one attached hydrogen (secondary N) is 1. The first kappa shape index (κ1) is 10.9. The molecule has 2 rings (SSSR count). The van der Waals surface area contributed by atoms with Crippen LogP contribution >= 0.6 is 0 Å². The van der Waals surface area contributed by atoms with Gasteiger partial charge in [-0.25, -0.2) is 0 Å². The van der Waals surface area contributed by atoms with E-state index in [1.807, 2.05) is 0 Å². The minimum absolute atomic E-state index is 0.232. The molecular formula is C12H10N4O. The van der Waals surface area contributed by atoms with Gasteiger partial charge in [-0.15, -0.1) is 0 Å². The van der Waals surface area contributed by atoms with E-state index < -0.39 is 5.91 Å². The zero-order chi connectivity index (χ0) is 12.3. The van der Waals surface area contributed by atoms with Crippen molar-refractivity contribution in [3.63, 3.8) is 0 Å². The van der Waals surface area contributed by atoms with E-state index in [9.17, 15) is 4.79 Å². The summed E-state index contributed by atoms with van der Waals surface area (Å²) >= 11 is 0. The summed E-state index contributed by atoms with van der Waals surface area (Å²) in [6.07, 6.45) is 4.66. The van der Waals surface area contributed by atoms with Gasteiger partial charge < -0.3 is 5.73 Å². The molecule has 0 fully saturated rings. The predicted molar refractivity (Wildman–Crippen MR) is 62.9 cm³/mol. The number of carbonyl (C=O) groups is 1. The van der Waals surface area contributed by atoms with Crippen molar-refractivity contribution in [1.82, 2.24) is 9.97 Å². The summed E-state index contributed by atoms with van der Waals surface area (Å²) in [6, 6.07) is 6.44.